The lowest BCUT2D eigenvalue weighted by molar-refractivity contribution is -0.176. The van der Waals surface area contributed by atoms with Gasteiger partial charge in [0, 0.05) is 10.4 Å². The van der Waals surface area contributed by atoms with E-state index in [2.05, 4.69) is 0 Å². The lowest BCUT2D eigenvalue weighted by Gasteiger charge is -2.34. The highest BCUT2D eigenvalue weighted by molar-refractivity contribution is 6.35. The molecule has 1 aromatic rings. The SMILES string of the molecule is CC1(C)[C@@]2(C)CC[C@@]1(C(=O)Oc1ccc(Cl)cc1Cl)OC2=O. The lowest BCUT2D eigenvalue weighted by Crippen LogP contribution is -2.50. The van der Waals surface area contributed by atoms with E-state index in [9.17, 15) is 9.59 Å². The minimum atomic E-state index is -1.26. The number of fused-ring (bicyclic) bond motifs is 2. The minimum Gasteiger partial charge on any atom is -0.446 e. The van der Waals surface area contributed by atoms with E-state index in [1.807, 2.05) is 20.8 Å². The third-order valence-corrected chi connectivity index (χ3v) is 6.04. The second kappa shape index (κ2) is 4.62. The van der Waals surface area contributed by atoms with Crippen LogP contribution >= 0.6 is 23.2 Å². The van der Waals surface area contributed by atoms with E-state index < -0.39 is 22.4 Å². The number of carbonyl (C=O) groups is 2. The molecule has 1 saturated carbocycles. The summed E-state index contributed by atoms with van der Waals surface area (Å²) in [5.41, 5.74) is -2.58. The van der Waals surface area contributed by atoms with Gasteiger partial charge in [-0.25, -0.2) is 4.79 Å². The fourth-order valence-corrected chi connectivity index (χ4v) is 3.89. The predicted molar refractivity (Wildman–Crippen MR) is 82.0 cm³/mol. The Morgan fingerprint density at radius 2 is 1.91 bits per heavy atom. The van der Waals surface area contributed by atoms with Crippen molar-refractivity contribution in [1.82, 2.24) is 0 Å². The zero-order valence-corrected chi connectivity index (χ0v) is 14.0. The van der Waals surface area contributed by atoms with E-state index in [1.165, 1.54) is 12.1 Å². The molecule has 6 heteroatoms. The first kappa shape index (κ1) is 15.6. The van der Waals surface area contributed by atoms with Crippen LogP contribution in [-0.2, 0) is 14.3 Å². The highest BCUT2D eigenvalue weighted by atomic mass is 35.5. The zero-order valence-electron chi connectivity index (χ0n) is 12.5. The van der Waals surface area contributed by atoms with Gasteiger partial charge in [0.1, 0.15) is 5.75 Å². The van der Waals surface area contributed by atoms with Crippen molar-refractivity contribution in [2.45, 2.75) is 39.2 Å². The van der Waals surface area contributed by atoms with Crippen LogP contribution in [-0.4, -0.2) is 17.5 Å². The van der Waals surface area contributed by atoms with Crippen molar-refractivity contribution >= 4 is 35.1 Å². The Morgan fingerprint density at radius 1 is 1.23 bits per heavy atom. The molecule has 0 unspecified atom stereocenters. The van der Waals surface area contributed by atoms with Crippen LogP contribution in [0.1, 0.15) is 33.6 Å². The highest BCUT2D eigenvalue weighted by Gasteiger charge is 2.76. The third-order valence-electron chi connectivity index (χ3n) is 5.51. The monoisotopic (exact) mass is 342 g/mol. The highest BCUT2D eigenvalue weighted by Crippen LogP contribution is 2.65. The Hall–Kier alpha value is -1.26. The largest absolute Gasteiger partial charge is 0.446 e. The minimum absolute atomic E-state index is 0.206. The van der Waals surface area contributed by atoms with Crippen LogP contribution in [0.3, 0.4) is 0 Å². The number of hydrogen-bond acceptors (Lipinski definition) is 4. The topological polar surface area (TPSA) is 52.6 Å². The molecule has 0 N–H and O–H groups in total. The number of rotatable bonds is 2. The number of halogens is 2. The van der Waals surface area contributed by atoms with Crippen molar-refractivity contribution in [3.63, 3.8) is 0 Å². The Kier molecular flexibility index (Phi) is 3.28. The first-order valence-corrected chi connectivity index (χ1v) is 7.80. The van der Waals surface area contributed by atoms with Gasteiger partial charge in [-0.05, 0) is 38.0 Å². The van der Waals surface area contributed by atoms with Crippen molar-refractivity contribution in [1.29, 1.82) is 0 Å². The number of ether oxygens (including phenoxy) is 2. The summed E-state index contributed by atoms with van der Waals surface area (Å²) in [7, 11) is 0. The molecule has 2 atom stereocenters. The molecule has 0 radical (unpaired) electrons. The van der Waals surface area contributed by atoms with Crippen LogP contribution in [0.4, 0.5) is 0 Å². The first-order chi connectivity index (χ1) is 10.1. The van der Waals surface area contributed by atoms with Crippen LogP contribution in [0.25, 0.3) is 0 Å². The van der Waals surface area contributed by atoms with E-state index in [0.29, 0.717) is 17.9 Å². The van der Waals surface area contributed by atoms with Gasteiger partial charge >= 0.3 is 11.9 Å². The van der Waals surface area contributed by atoms with Gasteiger partial charge in [-0.15, -0.1) is 0 Å². The third kappa shape index (κ3) is 1.77. The van der Waals surface area contributed by atoms with E-state index in [-0.39, 0.29) is 16.7 Å². The summed E-state index contributed by atoms with van der Waals surface area (Å²) in [6, 6.07) is 4.60. The Balaban J connectivity index is 1.94. The van der Waals surface area contributed by atoms with E-state index in [1.54, 1.807) is 6.07 Å². The molecule has 118 valence electrons. The molecule has 1 aliphatic heterocycles. The quantitative estimate of drug-likeness (QED) is 0.601. The molecule has 0 aromatic heterocycles. The summed E-state index contributed by atoms with van der Waals surface area (Å²) >= 11 is 11.9. The number of carbonyl (C=O) groups excluding carboxylic acids is 2. The lowest BCUT2D eigenvalue weighted by atomic mass is 9.66. The summed E-state index contributed by atoms with van der Waals surface area (Å²) in [5, 5.41) is 0.684. The van der Waals surface area contributed by atoms with Crippen molar-refractivity contribution in [3.8, 4) is 5.75 Å². The molecule has 1 heterocycles. The molecule has 0 amide bonds. The smallest absolute Gasteiger partial charge is 0.356 e. The summed E-state index contributed by atoms with van der Waals surface area (Å²) in [6.45, 7) is 5.58. The van der Waals surface area contributed by atoms with Crippen molar-refractivity contribution in [3.05, 3.63) is 28.2 Å². The average Bonchev–Trinajstić information content (AvgIpc) is 2.72. The molecule has 4 nitrogen and oxygen atoms in total. The van der Waals surface area contributed by atoms with Crippen LogP contribution in [0.5, 0.6) is 5.75 Å². The van der Waals surface area contributed by atoms with Crippen molar-refractivity contribution < 1.29 is 19.1 Å². The van der Waals surface area contributed by atoms with Crippen LogP contribution in [0.2, 0.25) is 10.0 Å². The Labute approximate surface area is 138 Å². The molecule has 2 aliphatic rings. The van der Waals surface area contributed by atoms with Gasteiger partial charge in [0.05, 0.1) is 10.4 Å². The van der Waals surface area contributed by atoms with Crippen LogP contribution in [0.15, 0.2) is 18.2 Å². The Morgan fingerprint density at radius 3 is 2.41 bits per heavy atom. The zero-order chi connectivity index (χ0) is 16.3. The van der Waals surface area contributed by atoms with E-state index >= 15 is 0 Å². The van der Waals surface area contributed by atoms with Gasteiger partial charge in [-0.3, -0.25) is 4.79 Å². The van der Waals surface area contributed by atoms with E-state index in [0.717, 1.165) is 0 Å². The van der Waals surface area contributed by atoms with E-state index in [4.69, 9.17) is 32.7 Å². The average molecular weight is 343 g/mol. The van der Waals surface area contributed by atoms with Crippen molar-refractivity contribution in [2.24, 2.45) is 10.8 Å². The molecular formula is C16H16Cl2O4. The molecular weight excluding hydrogens is 327 g/mol. The molecule has 22 heavy (non-hydrogen) atoms. The molecule has 0 spiro atoms. The molecule has 2 bridgehead atoms. The second-order valence-corrected chi connectivity index (χ2v) is 7.48. The number of hydrogen-bond donors (Lipinski definition) is 0. The number of esters is 2. The molecule has 2 fully saturated rings. The standard InChI is InChI=1S/C16H16Cl2O4/c1-14(2)15(3)6-7-16(14,22-12(15)19)13(20)21-11-5-4-9(17)8-10(11)18/h4-5,8H,6-7H2,1-3H3/t15-,16-/m0/s1. The fraction of sp³-hybridized carbons (Fsp3) is 0.500. The predicted octanol–water partition coefficient (Wildman–Crippen LogP) is 4.02. The van der Waals surface area contributed by atoms with Gasteiger partial charge in [-0.2, -0.15) is 0 Å². The first-order valence-electron chi connectivity index (χ1n) is 7.05. The molecule has 1 aliphatic carbocycles. The fourth-order valence-electron chi connectivity index (χ4n) is 3.44. The van der Waals surface area contributed by atoms with Gasteiger partial charge < -0.3 is 9.47 Å². The van der Waals surface area contributed by atoms with Gasteiger partial charge in [0.25, 0.3) is 0 Å². The maximum Gasteiger partial charge on any atom is 0.356 e. The van der Waals surface area contributed by atoms with Crippen LogP contribution < -0.4 is 4.74 Å². The maximum absolute atomic E-state index is 12.7. The van der Waals surface area contributed by atoms with Crippen molar-refractivity contribution in [2.75, 3.05) is 0 Å². The molecule has 3 rings (SSSR count). The molecule has 1 aromatic carbocycles. The van der Waals surface area contributed by atoms with Gasteiger partial charge in [-0.1, -0.05) is 37.0 Å². The summed E-state index contributed by atoms with van der Waals surface area (Å²) in [5.74, 6) is -0.725. The van der Waals surface area contributed by atoms with Crippen LogP contribution in [0, 0.1) is 10.8 Å². The summed E-state index contributed by atoms with van der Waals surface area (Å²) in [6.07, 6.45) is 1.05. The van der Waals surface area contributed by atoms with Gasteiger partial charge in [0.15, 0.2) is 0 Å². The molecule has 1 saturated heterocycles. The Bertz CT molecular complexity index is 685. The summed E-state index contributed by atoms with van der Waals surface area (Å²) < 4.78 is 10.9. The summed E-state index contributed by atoms with van der Waals surface area (Å²) in [4.78, 5) is 24.9. The maximum atomic E-state index is 12.7. The normalized spacial score (nSPS) is 32.0. The van der Waals surface area contributed by atoms with Gasteiger partial charge in [0.2, 0.25) is 5.60 Å². The number of benzene rings is 1. The second-order valence-electron chi connectivity index (χ2n) is 6.64.